The van der Waals surface area contributed by atoms with Crippen LogP contribution in [0.25, 0.3) is 10.9 Å². The molecule has 0 aliphatic carbocycles. The molecule has 1 heterocycles. The molecule has 0 aliphatic heterocycles. The Morgan fingerprint density at radius 1 is 1.21 bits per heavy atom. The van der Waals surface area contributed by atoms with Crippen molar-refractivity contribution in [3.63, 3.8) is 0 Å². The lowest BCUT2D eigenvalue weighted by atomic mass is 10.1. The Hall–Kier alpha value is -2.60. The molecule has 0 fully saturated rings. The van der Waals surface area contributed by atoms with Crippen LogP contribution >= 0.6 is 15.9 Å². The number of rotatable bonds is 4. The second kappa shape index (κ2) is 6.88. The number of aromatic nitrogens is 1. The molecule has 122 valence electrons. The van der Waals surface area contributed by atoms with Gasteiger partial charge in [0.2, 0.25) is 0 Å². The van der Waals surface area contributed by atoms with Gasteiger partial charge in [0.15, 0.2) is 0 Å². The topological polar surface area (TPSA) is 71.2 Å². The number of fused-ring (bicyclic) bond motifs is 1. The number of ether oxygens (including phenoxy) is 1. The minimum atomic E-state index is -0.231. The molecule has 0 saturated heterocycles. The summed E-state index contributed by atoms with van der Waals surface area (Å²) in [5, 5.41) is 3.64. The standard InChI is InChI=1S/C18H15BrN2O3/c1-24-15-6-5-11-7-13(18(23)21-16(11)9-15)10-20-17(22)12-3-2-4-14(19)8-12/h2-9H,10H2,1H3,(H,20,22)(H,21,23). The lowest BCUT2D eigenvalue weighted by Crippen LogP contribution is -2.26. The third-order valence-electron chi connectivity index (χ3n) is 3.66. The quantitative estimate of drug-likeness (QED) is 0.722. The fourth-order valence-corrected chi connectivity index (χ4v) is 2.79. The molecule has 0 bridgehead atoms. The lowest BCUT2D eigenvalue weighted by Gasteiger charge is -2.07. The number of hydrogen-bond donors (Lipinski definition) is 2. The fourth-order valence-electron chi connectivity index (χ4n) is 2.39. The summed E-state index contributed by atoms with van der Waals surface area (Å²) < 4.78 is 5.97. The highest BCUT2D eigenvalue weighted by atomic mass is 79.9. The predicted molar refractivity (Wildman–Crippen MR) is 96.4 cm³/mol. The van der Waals surface area contributed by atoms with Crippen LogP contribution in [0, 0.1) is 0 Å². The van der Waals surface area contributed by atoms with Crippen molar-refractivity contribution in [1.82, 2.24) is 10.3 Å². The zero-order chi connectivity index (χ0) is 17.1. The van der Waals surface area contributed by atoms with E-state index in [4.69, 9.17) is 4.74 Å². The van der Waals surface area contributed by atoms with Crippen molar-refractivity contribution in [2.45, 2.75) is 6.54 Å². The molecule has 2 N–H and O–H groups in total. The first-order valence-electron chi connectivity index (χ1n) is 7.30. The summed E-state index contributed by atoms with van der Waals surface area (Å²) >= 11 is 3.33. The highest BCUT2D eigenvalue weighted by Gasteiger charge is 2.08. The molecular weight excluding hydrogens is 372 g/mol. The van der Waals surface area contributed by atoms with Crippen LogP contribution in [0.5, 0.6) is 5.75 Å². The Labute approximate surface area is 146 Å². The predicted octanol–water partition coefficient (Wildman–Crippen LogP) is 3.23. The average Bonchev–Trinajstić information content (AvgIpc) is 2.59. The van der Waals surface area contributed by atoms with E-state index >= 15 is 0 Å². The van der Waals surface area contributed by atoms with Crippen molar-refractivity contribution in [2.75, 3.05) is 7.11 Å². The Bertz CT molecular complexity index is 966. The van der Waals surface area contributed by atoms with Crippen LogP contribution in [-0.2, 0) is 6.54 Å². The van der Waals surface area contributed by atoms with Gasteiger partial charge in [0.25, 0.3) is 11.5 Å². The number of methoxy groups -OCH3 is 1. The van der Waals surface area contributed by atoms with E-state index in [1.54, 1.807) is 37.4 Å². The minimum Gasteiger partial charge on any atom is -0.497 e. The molecule has 3 aromatic rings. The van der Waals surface area contributed by atoms with E-state index in [0.29, 0.717) is 22.4 Å². The fraction of sp³-hybridized carbons (Fsp3) is 0.111. The molecule has 6 heteroatoms. The first-order chi connectivity index (χ1) is 11.6. The van der Waals surface area contributed by atoms with Crippen LogP contribution in [0.3, 0.4) is 0 Å². The SMILES string of the molecule is COc1ccc2cc(CNC(=O)c3cccc(Br)c3)c(=O)[nH]c2c1. The van der Waals surface area contributed by atoms with Crippen LogP contribution < -0.4 is 15.6 Å². The van der Waals surface area contributed by atoms with Gasteiger partial charge in [-0.05, 0) is 41.8 Å². The maximum atomic E-state index is 12.2. The first kappa shape index (κ1) is 16.3. The van der Waals surface area contributed by atoms with E-state index in [-0.39, 0.29) is 18.0 Å². The van der Waals surface area contributed by atoms with Gasteiger partial charge in [-0.15, -0.1) is 0 Å². The normalized spacial score (nSPS) is 10.6. The molecule has 3 rings (SSSR count). The smallest absolute Gasteiger partial charge is 0.253 e. The van der Waals surface area contributed by atoms with Gasteiger partial charge in [-0.3, -0.25) is 9.59 Å². The molecule has 0 unspecified atom stereocenters. The Morgan fingerprint density at radius 2 is 2.04 bits per heavy atom. The number of amides is 1. The van der Waals surface area contributed by atoms with Crippen molar-refractivity contribution in [3.8, 4) is 5.75 Å². The van der Waals surface area contributed by atoms with Crippen LogP contribution in [0.2, 0.25) is 0 Å². The zero-order valence-corrected chi connectivity index (χ0v) is 14.5. The number of aromatic amines is 1. The summed E-state index contributed by atoms with van der Waals surface area (Å²) in [5.41, 5.74) is 1.49. The van der Waals surface area contributed by atoms with E-state index in [1.807, 2.05) is 18.2 Å². The zero-order valence-electron chi connectivity index (χ0n) is 12.9. The Kier molecular flexibility index (Phi) is 4.66. The summed E-state index contributed by atoms with van der Waals surface area (Å²) in [4.78, 5) is 27.2. The van der Waals surface area contributed by atoms with Crippen LogP contribution in [0.4, 0.5) is 0 Å². The number of carbonyl (C=O) groups is 1. The van der Waals surface area contributed by atoms with Crippen molar-refractivity contribution >= 4 is 32.7 Å². The largest absolute Gasteiger partial charge is 0.497 e. The number of nitrogens with one attached hydrogen (secondary N) is 2. The molecule has 0 saturated carbocycles. The second-order valence-electron chi connectivity index (χ2n) is 5.27. The number of carbonyl (C=O) groups excluding carboxylic acids is 1. The number of hydrogen-bond acceptors (Lipinski definition) is 3. The maximum Gasteiger partial charge on any atom is 0.253 e. The number of pyridine rings is 1. The van der Waals surface area contributed by atoms with Crippen LogP contribution in [0.1, 0.15) is 15.9 Å². The third-order valence-corrected chi connectivity index (χ3v) is 4.15. The van der Waals surface area contributed by atoms with Gasteiger partial charge < -0.3 is 15.0 Å². The molecule has 5 nitrogen and oxygen atoms in total. The molecule has 0 atom stereocenters. The van der Waals surface area contributed by atoms with E-state index in [9.17, 15) is 9.59 Å². The molecule has 0 radical (unpaired) electrons. The second-order valence-corrected chi connectivity index (χ2v) is 6.19. The lowest BCUT2D eigenvalue weighted by molar-refractivity contribution is 0.0950. The summed E-state index contributed by atoms with van der Waals surface area (Å²) in [5.74, 6) is 0.444. The Morgan fingerprint density at radius 3 is 2.79 bits per heavy atom. The van der Waals surface area contributed by atoms with Gasteiger partial charge >= 0.3 is 0 Å². The van der Waals surface area contributed by atoms with E-state index in [0.717, 1.165) is 9.86 Å². The summed E-state index contributed by atoms with van der Waals surface area (Å²) in [6.07, 6.45) is 0. The molecule has 2 aromatic carbocycles. The molecule has 1 amide bonds. The van der Waals surface area contributed by atoms with Crippen molar-refractivity contribution < 1.29 is 9.53 Å². The number of H-pyrrole nitrogens is 1. The monoisotopic (exact) mass is 386 g/mol. The van der Waals surface area contributed by atoms with Gasteiger partial charge in [0.05, 0.1) is 12.6 Å². The van der Waals surface area contributed by atoms with Crippen molar-refractivity contribution in [2.24, 2.45) is 0 Å². The average molecular weight is 387 g/mol. The number of benzene rings is 2. The first-order valence-corrected chi connectivity index (χ1v) is 8.10. The highest BCUT2D eigenvalue weighted by Crippen LogP contribution is 2.18. The van der Waals surface area contributed by atoms with Gasteiger partial charge in [-0.25, -0.2) is 0 Å². The highest BCUT2D eigenvalue weighted by molar-refractivity contribution is 9.10. The molecule has 0 aliphatic rings. The maximum absolute atomic E-state index is 12.2. The summed E-state index contributed by atoms with van der Waals surface area (Å²) in [7, 11) is 1.57. The van der Waals surface area contributed by atoms with Crippen LogP contribution in [-0.4, -0.2) is 18.0 Å². The van der Waals surface area contributed by atoms with Crippen molar-refractivity contribution in [3.05, 3.63) is 74.5 Å². The molecule has 1 aromatic heterocycles. The van der Waals surface area contributed by atoms with Gasteiger partial charge in [0, 0.05) is 28.2 Å². The van der Waals surface area contributed by atoms with E-state index < -0.39 is 0 Å². The van der Waals surface area contributed by atoms with Gasteiger partial charge in [-0.2, -0.15) is 0 Å². The van der Waals surface area contributed by atoms with Crippen LogP contribution in [0.15, 0.2) is 57.8 Å². The van der Waals surface area contributed by atoms with Gasteiger partial charge in [0.1, 0.15) is 5.75 Å². The van der Waals surface area contributed by atoms with E-state index in [2.05, 4.69) is 26.2 Å². The third kappa shape index (κ3) is 3.49. The number of halogens is 1. The molecule has 24 heavy (non-hydrogen) atoms. The van der Waals surface area contributed by atoms with E-state index in [1.165, 1.54) is 0 Å². The minimum absolute atomic E-state index is 0.155. The molecular formula is C18H15BrN2O3. The summed E-state index contributed by atoms with van der Waals surface area (Å²) in [6, 6.07) is 14.3. The Balaban J connectivity index is 1.81. The molecule has 0 spiro atoms. The van der Waals surface area contributed by atoms with Gasteiger partial charge in [-0.1, -0.05) is 22.0 Å². The van der Waals surface area contributed by atoms with Crippen molar-refractivity contribution in [1.29, 1.82) is 0 Å². The summed E-state index contributed by atoms with van der Waals surface area (Å²) in [6.45, 7) is 0.155.